The van der Waals surface area contributed by atoms with E-state index in [0.29, 0.717) is 11.4 Å². The van der Waals surface area contributed by atoms with Gasteiger partial charge in [-0.15, -0.1) is 0 Å². The molecule has 0 amide bonds. The number of halogens is 1. The van der Waals surface area contributed by atoms with Crippen LogP contribution in [0.3, 0.4) is 0 Å². The lowest BCUT2D eigenvalue weighted by atomic mass is 9.93. The fourth-order valence-corrected chi connectivity index (χ4v) is 2.93. The second-order valence-electron chi connectivity index (χ2n) is 5.52. The standard InChI is InChI=1S/C15H26ClN3O/c1-7-11-14(16)12(18(6)17-11)10-13(20)15(4,5)19(8-2)9-3/h7-10H2,1-6H3. The molecule has 4 nitrogen and oxygen atoms in total. The molecule has 1 aromatic heterocycles. The van der Waals surface area contributed by atoms with Crippen molar-refractivity contribution in [3.8, 4) is 0 Å². The molecule has 114 valence electrons. The van der Waals surface area contributed by atoms with E-state index < -0.39 is 5.54 Å². The molecule has 0 saturated heterocycles. The Kier molecular flexibility index (Phi) is 5.78. The van der Waals surface area contributed by atoms with Crippen LogP contribution in [0, 0.1) is 0 Å². The number of likely N-dealkylation sites (N-methyl/N-ethyl adjacent to an activating group) is 1. The molecule has 0 radical (unpaired) electrons. The summed E-state index contributed by atoms with van der Waals surface area (Å²) >= 11 is 6.32. The quantitative estimate of drug-likeness (QED) is 0.777. The second kappa shape index (κ2) is 6.72. The minimum atomic E-state index is -0.483. The van der Waals surface area contributed by atoms with Crippen molar-refractivity contribution in [2.45, 2.75) is 53.0 Å². The third-order valence-corrected chi connectivity index (χ3v) is 4.50. The smallest absolute Gasteiger partial charge is 0.158 e. The summed E-state index contributed by atoms with van der Waals surface area (Å²) < 4.78 is 1.73. The van der Waals surface area contributed by atoms with Crippen LogP contribution in [-0.2, 0) is 24.7 Å². The Morgan fingerprint density at radius 3 is 2.25 bits per heavy atom. The van der Waals surface area contributed by atoms with Crippen LogP contribution in [0.25, 0.3) is 0 Å². The molecule has 0 spiro atoms. The summed E-state index contributed by atoms with van der Waals surface area (Å²) in [4.78, 5) is 14.8. The highest BCUT2D eigenvalue weighted by molar-refractivity contribution is 6.32. The van der Waals surface area contributed by atoms with E-state index in [1.165, 1.54) is 0 Å². The number of rotatable bonds is 7. The van der Waals surface area contributed by atoms with E-state index in [1.807, 2.05) is 27.8 Å². The van der Waals surface area contributed by atoms with Crippen LogP contribution >= 0.6 is 11.6 Å². The number of ketones is 1. The van der Waals surface area contributed by atoms with Crippen molar-refractivity contribution in [1.29, 1.82) is 0 Å². The molecule has 0 N–H and O–H groups in total. The average molecular weight is 300 g/mol. The molecule has 5 heteroatoms. The Hall–Kier alpha value is -0.870. The molecule has 1 heterocycles. The lowest BCUT2D eigenvalue weighted by molar-refractivity contribution is -0.128. The molecule has 1 rings (SSSR count). The van der Waals surface area contributed by atoms with E-state index in [4.69, 9.17) is 11.6 Å². The van der Waals surface area contributed by atoms with Crippen LogP contribution < -0.4 is 0 Å². The first kappa shape index (κ1) is 17.2. The molecule has 0 aliphatic carbocycles. The maximum Gasteiger partial charge on any atom is 0.158 e. The van der Waals surface area contributed by atoms with Crippen molar-refractivity contribution < 1.29 is 4.79 Å². The van der Waals surface area contributed by atoms with Gasteiger partial charge in [0.05, 0.1) is 28.4 Å². The lowest BCUT2D eigenvalue weighted by Gasteiger charge is -2.35. The maximum absolute atomic E-state index is 12.7. The first-order chi connectivity index (χ1) is 9.29. The molecular formula is C15H26ClN3O. The van der Waals surface area contributed by atoms with E-state index in [-0.39, 0.29) is 5.78 Å². The molecule has 0 fully saturated rings. The van der Waals surface area contributed by atoms with Gasteiger partial charge < -0.3 is 0 Å². The average Bonchev–Trinajstić information content (AvgIpc) is 2.67. The van der Waals surface area contributed by atoms with Crippen molar-refractivity contribution in [3.63, 3.8) is 0 Å². The Morgan fingerprint density at radius 1 is 1.30 bits per heavy atom. The molecular weight excluding hydrogens is 274 g/mol. The molecule has 1 aromatic rings. The Morgan fingerprint density at radius 2 is 1.85 bits per heavy atom. The molecule has 0 aliphatic rings. The van der Waals surface area contributed by atoms with Gasteiger partial charge in [-0.2, -0.15) is 5.10 Å². The van der Waals surface area contributed by atoms with Gasteiger partial charge in [-0.25, -0.2) is 0 Å². The third-order valence-electron chi connectivity index (χ3n) is 4.07. The van der Waals surface area contributed by atoms with Gasteiger partial charge in [0.15, 0.2) is 5.78 Å². The number of Topliss-reactive ketones (excluding diaryl/α,β-unsaturated/α-hetero) is 1. The minimum absolute atomic E-state index is 0.175. The Balaban J connectivity index is 2.99. The maximum atomic E-state index is 12.7. The van der Waals surface area contributed by atoms with Crippen molar-refractivity contribution in [2.24, 2.45) is 7.05 Å². The highest BCUT2D eigenvalue weighted by Crippen LogP contribution is 2.24. The number of nitrogens with zero attached hydrogens (tertiary/aromatic N) is 3. The van der Waals surface area contributed by atoms with Crippen LogP contribution in [-0.4, -0.2) is 39.1 Å². The van der Waals surface area contributed by atoms with Crippen LogP contribution in [0.5, 0.6) is 0 Å². The predicted molar refractivity (Wildman–Crippen MR) is 83.3 cm³/mol. The van der Waals surface area contributed by atoms with Gasteiger partial charge in [0.2, 0.25) is 0 Å². The fraction of sp³-hybridized carbons (Fsp3) is 0.733. The van der Waals surface area contributed by atoms with Gasteiger partial charge in [-0.1, -0.05) is 32.4 Å². The number of hydrogen-bond donors (Lipinski definition) is 0. The summed E-state index contributed by atoms with van der Waals surface area (Å²) in [6.07, 6.45) is 1.10. The van der Waals surface area contributed by atoms with Crippen LogP contribution in [0.15, 0.2) is 0 Å². The highest BCUT2D eigenvalue weighted by atomic mass is 35.5. The summed E-state index contributed by atoms with van der Waals surface area (Å²) in [7, 11) is 1.85. The van der Waals surface area contributed by atoms with Crippen LogP contribution in [0.1, 0.15) is 46.0 Å². The molecule has 0 unspecified atom stereocenters. The summed E-state index contributed by atoms with van der Waals surface area (Å²) in [6, 6.07) is 0. The zero-order valence-electron chi connectivity index (χ0n) is 13.5. The largest absolute Gasteiger partial charge is 0.297 e. The number of hydrogen-bond acceptors (Lipinski definition) is 3. The summed E-state index contributed by atoms with van der Waals surface area (Å²) in [6.45, 7) is 11.8. The van der Waals surface area contributed by atoms with Gasteiger partial charge in [-0.05, 0) is 33.4 Å². The highest BCUT2D eigenvalue weighted by Gasteiger charge is 2.33. The van der Waals surface area contributed by atoms with E-state index in [1.54, 1.807) is 4.68 Å². The summed E-state index contributed by atoms with van der Waals surface area (Å²) in [5, 5.41) is 5.01. The zero-order valence-corrected chi connectivity index (χ0v) is 14.2. The molecule has 0 aliphatic heterocycles. The monoisotopic (exact) mass is 299 g/mol. The number of aromatic nitrogens is 2. The lowest BCUT2D eigenvalue weighted by Crippen LogP contribution is -2.50. The third kappa shape index (κ3) is 3.23. The molecule has 0 atom stereocenters. The van der Waals surface area contributed by atoms with E-state index in [9.17, 15) is 4.79 Å². The van der Waals surface area contributed by atoms with Gasteiger partial charge in [0.25, 0.3) is 0 Å². The van der Waals surface area contributed by atoms with Gasteiger partial charge in [0, 0.05) is 7.05 Å². The Bertz CT molecular complexity index is 476. The molecule has 0 bridgehead atoms. The van der Waals surface area contributed by atoms with Gasteiger partial charge >= 0.3 is 0 Å². The fourth-order valence-electron chi connectivity index (χ4n) is 2.57. The SMILES string of the molecule is CCc1nn(C)c(CC(=O)C(C)(C)N(CC)CC)c1Cl. The van der Waals surface area contributed by atoms with Crippen LogP contribution in [0.4, 0.5) is 0 Å². The number of carbonyl (C=O) groups is 1. The minimum Gasteiger partial charge on any atom is -0.297 e. The molecule has 0 aromatic carbocycles. The van der Waals surface area contributed by atoms with E-state index >= 15 is 0 Å². The summed E-state index contributed by atoms with van der Waals surface area (Å²) in [5.41, 5.74) is 1.19. The van der Waals surface area contributed by atoms with Crippen molar-refractivity contribution in [3.05, 3.63) is 16.4 Å². The van der Waals surface area contributed by atoms with Gasteiger partial charge in [0.1, 0.15) is 0 Å². The first-order valence-corrected chi connectivity index (χ1v) is 7.65. The summed E-state index contributed by atoms with van der Waals surface area (Å²) in [5.74, 6) is 0.175. The Labute approximate surface area is 127 Å². The van der Waals surface area contributed by atoms with E-state index in [2.05, 4.69) is 23.8 Å². The molecule has 20 heavy (non-hydrogen) atoms. The van der Waals surface area contributed by atoms with E-state index in [0.717, 1.165) is 30.9 Å². The van der Waals surface area contributed by atoms with Crippen molar-refractivity contribution >= 4 is 17.4 Å². The number of carbonyl (C=O) groups excluding carboxylic acids is 1. The molecule has 0 saturated carbocycles. The first-order valence-electron chi connectivity index (χ1n) is 7.28. The van der Waals surface area contributed by atoms with Crippen molar-refractivity contribution in [2.75, 3.05) is 13.1 Å². The zero-order chi connectivity index (χ0) is 15.5. The predicted octanol–water partition coefficient (Wildman–Crippen LogP) is 2.87. The second-order valence-corrected chi connectivity index (χ2v) is 5.89. The number of aryl methyl sites for hydroxylation is 2. The normalized spacial score (nSPS) is 12.2. The van der Waals surface area contributed by atoms with Crippen molar-refractivity contribution in [1.82, 2.24) is 14.7 Å². The van der Waals surface area contributed by atoms with Gasteiger partial charge in [-0.3, -0.25) is 14.4 Å². The topological polar surface area (TPSA) is 38.1 Å². The van der Waals surface area contributed by atoms with Crippen LogP contribution in [0.2, 0.25) is 5.02 Å².